The Morgan fingerprint density at radius 3 is 2.47 bits per heavy atom. The molecule has 2 heterocycles. The number of alkyl halides is 3. The lowest BCUT2D eigenvalue weighted by Gasteiger charge is -2.32. The van der Waals surface area contributed by atoms with Gasteiger partial charge in [-0.05, 0) is 38.1 Å². The molecular formula is C19H17ClF4N4O3S. The van der Waals surface area contributed by atoms with Crippen LogP contribution in [0.3, 0.4) is 0 Å². The van der Waals surface area contributed by atoms with E-state index in [1.165, 1.54) is 13.8 Å². The number of carbonyl (C=O) groups is 1. The lowest BCUT2D eigenvalue weighted by Crippen LogP contribution is -2.50. The van der Waals surface area contributed by atoms with E-state index < -0.39 is 54.9 Å². The van der Waals surface area contributed by atoms with Crippen molar-refractivity contribution in [1.82, 2.24) is 4.98 Å². The number of aromatic nitrogens is 1. The van der Waals surface area contributed by atoms with E-state index in [0.29, 0.717) is 12.3 Å². The van der Waals surface area contributed by atoms with Gasteiger partial charge in [0.05, 0.1) is 22.4 Å². The number of halogens is 5. The van der Waals surface area contributed by atoms with E-state index in [1.54, 1.807) is 0 Å². The Kier molecular flexibility index (Phi) is 5.98. The average molecular weight is 493 g/mol. The first-order valence-corrected chi connectivity index (χ1v) is 11.1. The van der Waals surface area contributed by atoms with Gasteiger partial charge in [0.25, 0.3) is 5.91 Å². The van der Waals surface area contributed by atoms with Crippen LogP contribution in [0.1, 0.15) is 41.5 Å². The molecule has 0 saturated heterocycles. The topological polar surface area (TPSA) is 115 Å². The van der Waals surface area contributed by atoms with E-state index in [1.807, 2.05) is 0 Å². The van der Waals surface area contributed by atoms with E-state index >= 15 is 0 Å². The van der Waals surface area contributed by atoms with Crippen LogP contribution in [0.5, 0.6) is 0 Å². The summed E-state index contributed by atoms with van der Waals surface area (Å²) < 4.78 is 76.3. The number of hydrogen-bond donors (Lipinski definition) is 2. The SMILES string of the molecule is CC1(C)C(N)=NC(c2cc(NC(=O)c3ccc(C(F)(F)F)cn3)cc(Cl)c2F)CS1(=O)=O. The zero-order valence-electron chi connectivity index (χ0n) is 16.7. The normalized spacial score (nSPS) is 19.8. The number of nitrogens with zero attached hydrogens (tertiary/aromatic N) is 2. The zero-order valence-corrected chi connectivity index (χ0v) is 18.2. The van der Waals surface area contributed by atoms with Crippen LogP contribution < -0.4 is 11.1 Å². The number of sulfone groups is 1. The van der Waals surface area contributed by atoms with Gasteiger partial charge in [-0.2, -0.15) is 13.2 Å². The molecule has 2 aromatic rings. The fourth-order valence-electron chi connectivity index (χ4n) is 2.91. The van der Waals surface area contributed by atoms with Gasteiger partial charge < -0.3 is 11.1 Å². The van der Waals surface area contributed by atoms with Crippen LogP contribution in [0.2, 0.25) is 5.02 Å². The molecule has 3 rings (SSSR count). The molecule has 0 saturated carbocycles. The molecule has 0 bridgehead atoms. The number of pyridine rings is 1. The van der Waals surface area contributed by atoms with Crippen LogP contribution in [-0.4, -0.2) is 35.6 Å². The number of nitrogens with two attached hydrogens (primary N) is 1. The number of anilines is 1. The number of carbonyl (C=O) groups excluding carboxylic acids is 1. The van der Waals surface area contributed by atoms with Gasteiger partial charge in [-0.3, -0.25) is 14.8 Å². The van der Waals surface area contributed by atoms with Gasteiger partial charge >= 0.3 is 6.18 Å². The van der Waals surface area contributed by atoms with Crippen molar-refractivity contribution < 1.29 is 30.8 Å². The molecule has 1 aromatic heterocycles. The second kappa shape index (κ2) is 8.00. The van der Waals surface area contributed by atoms with Crippen molar-refractivity contribution in [2.45, 2.75) is 30.8 Å². The smallest absolute Gasteiger partial charge is 0.386 e. The monoisotopic (exact) mass is 492 g/mol. The van der Waals surface area contributed by atoms with Crippen molar-refractivity contribution in [3.05, 3.63) is 58.1 Å². The van der Waals surface area contributed by atoms with E-state index in [4.69, 9.17) is 17.3 Å². The van der Waals surface area contributed by atoms with Crippen molar-refractivity contribution in [3.63, 3.8) is 0 Å². The molecule has 0 aliphatic carbocycles. The number of hydrogen-bond acceptors (Lipinski definition) is 6. The number of nitrogens with one attached hydrogen (secondary N) is 1. The van der Waals surface area contributed by atoms with Crippen molar-refractivity contribution in [2.24, 2.45) is 10.7 Å². The van der Waals surface area contributed by atoms with Crippen molar-refractivity contribution in [1.29, 1.82) is 0 Å². The van der Waals surface area contributed by atoms with Crippen molar-refractivity contribution in [2.75, 3.05) is 11.1 Å². The Morgan fingerprint density at radius 1 is 1.28 bits per heavy atom. The molecule has 1 amide bonds. The standard InChI is InChI=1S/C19H17ClF4N4O3S/c1-18(2)17(25)28-14(8-32(18,30)31)11-5-10(6-12(20)15(11)21)27-16(29)13-4-3-9(7-26-13)19(22,23)24/h3-7,14H,8H2,1-2H3,(H2,25,28)(H,27,29). The summed E-state index contributed by atoms with van der Waals surface area (Å²) in [5.74, 6) is -2.56. The number of amides is 1. The summed E-state index contributed by atoms with van der Waals surface area (Å²) in [6, 6.07) is 2.57. The molecule has 1 aliphatic rings. The first-order valence-electron chi connectivity index (χ1n) is 9.03. The van der Waals surface area contributed by atoms with Gasteiger partial charge in [0.1, 0.15) is 22.1 Å². The molecule has 32 heavy (non-hydrogen) atoms. The van der Waals surface area contributed by atoms with Crippen LogP contribution in [-0.2, 0) is 16.0 Å². The number of aliphatic imine (C=N–C) groups is 1. The van der Waals surface area contributed by atoms with E-state index in [2.05, 4.69) is 15.3 Å². The van der Waals surface area contributed by atoms with Gasteiger partial charge in [0.2, 0.25) is 0 Å². The fraction of sp³-hybridized carbons (Fsp3) is 0.316. The van der Waals surface area contributed by atoms with Gasteiger partial charge in [0, 0.05) is 17.4 Å². The second-order valence-corrected chi connectivity index (χ2v) is 10.6. The maximum atomic E-state index is 14.7. The highest BCUT2D eigenvalue weighted by atomic mass is 35.5. The molecule has 13 heteroatoms. The Morgan fingerprint density at radius 2 is 1.94 bits per heavy atom. The van der Waals surface area contributed by atoms with Crippen molar-refractivity contribution in [3.8, 4) is 0 Å². The minimum atomic E-state index is -4.61. The summed E-state index contributed by atoms with van der Waals surface area (Å²) >= 11 is 5.91. The zero-order chi connectivity index (χ0) is 24.1. The number of rotatable bonds is 3. The van der Waals surface area contributed by atoms with E-state index in [-0.39, 0.29) is 22.8 Å². The first kappa shape index (κ1) is 23.9. The molecule has 0 spiro atoms. The third kappa shape index (κ3) is 4.42. The summed E-state index contributed by atoms with van der Waals surface area (Å²) in [5, 5.41) is 1.93. The largest absolute Gasteiger partial charge is 0.417 e. The van der Waals surface area contributed by atoms with Crippen LogP contribution >= 0.6 is 11.6 Å². The summed E-state index contributed by atoms with van der Waals surface area (Å²) in [6.07, 6.45) is -4.11. The molecule has 1 atom stereocenters. The van der Waals surface area contributed by atoms with Gasteiger partial charge in [-0.25, -0.2) is 12.8 Å². The van der Waals surface area contributed by atoms with Gasteiger partial charge in [-0.15, -0.1) is 0 Å². The maximum Gasteiger partial charge on any atom is 0.417 e. The Labute approximate surface area is 185 Å². The molecule has 3 N–H and O–H groups in total. The molecule has 1 unspecified atom stereocenters. The molecule has 0 fully saturated rings. The summed E-state index contributed by atoms with van der Waals surface area (Å²) in [7, 11) is -3.79. The maximum absolute atomic E-state index is 14.7. The van der Waals surface area contributed by atoms with Crippen LogP contribution in [0.4, 0.5) is 23.2 Å². The van der Waals surface area contributed by atoms with Crippen LogP contribution in [0.15, 0.2) is 35.5 Å². The molecule has 1 aromatic carbocycles. The van der Waals surface area contributed by atoms with Gasteiger partial charge in [-0.1, -0.05) is 11.6 Å². The fourth-order valence-corrected chi connectivity index (χ4v) is 4.60. The second-order valence-electron chi connectivity index (χ2n) is 7.57. The molecule has 0 radical (unpaired) electrons. The van der Waals surface area contributed by atoms with Crippen molar-refractivity contribution >= 4 is 38.9 Å². The highest BCUT2D eigenvalue weighted by molar-refractivity contribution is 7.93. The lowest BCUT2D eigenvalue weighted by atomic mass is 10.1. The third-order valence-electron chi connectivity index (χ3n) is 5.06. The van der Waals surface area contributed by atoms with Gasteiger partial charge in [0.15, 0.2) is 9.84 Å². The molecular weight excluding hydrogens is 476 g/mol. The summed E-state index contributed by atoms with van der Waals surface area (Å²) in [6.45, 7) is 2.77. The number of amidine groups is 1. The minimum Gasteiger partial charge on any atom is -0.386 e. The highest BCUT2D eigenvalue weighted by Crippen LogP contribution is 2.36. The van der Waals surface area contributed by atoms with Crippen LogP contribution in [0.25, 0.3) is 0 Å². The Hall–Kier alpha value is -2.73. The predicted octanol–water partition coefficient (Wildman–Crippen LogP) is 3.75. The first-order chi connectivity index (χ1) is 14.6. The minimum absolute atomic E-state index is 0.0332. The highest BCUT2D eigenvalue weighted by Gasteiger charge is 2.44. The summed E-state index contributed by atoms with van der Waals surface area (Å²) in [4.78, 5) is 19.9. The molecule has 172 valence electrons. The lowest BCUT2D eigenvalue weighted by molar-refractivity contribution is -0.137. The van der Waals surface area contributed by atoms with E-state index in [0.717, 1.165) is 18.2 Å². The molecule has 7 nitrogen and oxygen atoms in total. The summed E-state index contributed by atoms with van der Waals surface area (Å²) in [5.41, 5.74) is 4.19. The number of benzene rings is 1. The molecule has 1 aliphatic heterocycles. The van der Waals surface area contributed by atoms with E-state index in [9.17, 15) is 30.8 Å². The average Bonchev–Trinajstić information content (AvgIpc) is 2.68. The Bertz CT molecular complexity index is 1210. The van der Waals surface area contributed by atoms with Crippen LogP contribution in [0, 0.1) is 5.82 Å². The third-order valence-corrected chi connectivity index (χ3v) is 7.86. The Balaban J connectivity index is 1.93. The quantitative estimate of drug-likeness (QED) is 0.633. The predicted molar refractivity (Wildman–Crippen MR) is 111 cm³/mol.